The minimum Gasteiger partial charge on any atom is -0.269 e. The Hall–Kier alpha value is -2.24. The Bertz CT molecular complexity index is 487. The Morgan fingerprint density at radius 2 is 2.00 bits per heavy atom. The largest absolute Gasteiger partial charge is 0.331 e. The monoisotopic (exact) mass is 222 g/mol. The van der Waals surface area contributed by atoms with Crippen LogP contribution in [0.5, 0.6) is 0 Å². The number of imide groups is 2. The lowest BCUT2D eigenvalue weighted by atomic mass is 10.2. The SMILES string of the molecule is O=C1NC(=O)N(Cc2cccc(F)c2)C1=O. The lowest BCUT2D eigenvalue weighted by molar-refractivity contribution is -0.140. The molecule has 1 aromatic carbocycles. The van der Waals surface area contributed by atoms with Crippen molar-refractivity contribution >= 4 is 17.8 Å². The van der Waals surface area contributed by atoms with E-state index in [1.165, 1.54) is 18.2 Å². The molecule has 1 aromatic rings. The maximum Gasteiger partial charge on any atom is 0.331 e. The number of benzene rings is 1. The molecule has 4 amide bonds. The Labute approximate surface area is 89.8 Å². The minimum atomic E-state index is -0.957. The average Bonchev–Trinajstić information content (AvgIpc) is 2.45. The van der Waals surface area contributed by atoms with E-state index >= 15 is 0 Å². The quantitative estimate of drug-likeness (QED) is 0.582. The van der Waals surface area contributed by atoms with E-state index in [1.54, 1.807) is 6.07 Å². The van der Waals surface area contributed by atoms with E-state index in [0.29, 0.717) is 5.56 Å². The van der Waals surface area contributed by atoms with Gasteiger partial charge in [0.15, 0.2) is 0 Å². The zero-order valence-electron chi connectivity index (χ0n) is 8.07. The maximum absolute atomic E-state index is 12.8. The molecule has 82 valence electrons. The lowest BCUT2D eigenvalue weighted by Gasteiger charge is -2.10. The van der Waals surface area contributed by atoms with Crippen LogP contribution < -0.4 is 5.32 Å². The van der Waals surface area contributed by atoms with E-state index in [0.717, 1.165) is 4.90 Å². The summed E-state index contributed by atoms with van der Waals surface area (Å²) in [6, 6.07) is 4.70. The van der Waals surface area contributed by atoms with Gasteiger partial charge in [-0.05, 0) is 17.7 Å². The zero-order chi connectivity index (χ0) is 11.7. The van der Waals surface area contributed by atoms with Crippen molar-refractivity contribution in [2.24, 2.45) is 0 Å². The standard InChI is InChI=1S/C10H7FN2O3/c11-7-3-1-2-6(4-7)5-13-9(15)8(14)12-10(13)16/h1-4H,5H2,(H,12,14,16). The molecular weight excluding hydrogens is 215 g/mol. The molecule has 0 atom stereocenters. The lowest BCUT2D eigenvalue weighted by Crippen LogP contribution is -2.30. The predicted octanol–water partition coefficient (Wildman–Crippen LogP) is 0.404. The fraction of sp³-hybridized carbons (Fsp3) is 0.100. The van der Waals surface area contributed by atoms with Gasteiger partial charge in [-0.25, -0.2) is 9.18 Å². The summed E-state index contributed by atoms with van der Waals surface area (Å²) in [5.74, 6) is -2.34. The van der Waals surface area contributed by atoms with Crippen molar-refractivity contribution in [2.45, 2.75) is 6.54 Å². The third-order valence-electron chi connectivity index (χ3n) is 2.13. The van der Waals surface area contributed by atoms with Crippen molar-refractivity contribution in [1.82, 2.24) is 10.2 Å². The van der Waals surface area contributed by atoms with Crippen molar-refractivity contribution in [3.63, 3.8) is 0 Å². The summed E-state index contributed by atoms with van der Waals surface area (Å²) < 4.78 is 12.8. The van der Waals surface area contributed by atoms with E-state index in [1.807, 2.05) is 5.32 Å². The van der Waals surface area contributed by atoms with Gasteiger partial charge in [0.1, 0.15) is 5.82 Å². The summed E-state index contributed by atoms with van der Waals surface area (Å²) in [4.78, 5) is 34.0. The first-order valence-corrected chi connectivity index (χ1v) is 4.49. The molecule has 6 heteroatoms. The molecule has 2 rings (SSSR count). The Kier molecular flexibility index (Phi) is 2.40. The van der Waals surface area contributed by atoms with Gasteiger partial charge in [0.2, 0.25) is 0 Å². The van der Waals surface area contributed by atoms with Crippen molar-refractivity contribution in [2.75, 3.05) is 0 Å². The van der Waals surface area contributed by atoms with E-state index < -0.39 is 23.7 Å². The summed E-state index contributed by atoms with van der Waals surface area (Å²) in [5, 5.41) is 1.86. The van der Waals surface area contributed by atoms with E-state index in [4.69, 9.17) is 0 Å². The number of nitrogens with zero attached hydrogens (tertiary/aromatic N) is 1. The van der Waals surface area contributed by atoms with Crippen molar-refractivity contribution in [3.8, 4) is 0 Å². The smallest absolute Gasteiger partial charge is 0.269 e. The molecule has 0 radical (unpaired) electrons. The van der Waals surface area contributed by atoms with Gasteiger partial charge in [0.25, 0.3) is 0 Å². The van der Waals surface area contributed by atoms with Gasteiger partial charge in [0, 0.05) is 0 Å². The fourth-order valence-corrected chi connectivity index (χ4v) is 1.39. The molecule has 1 N–H and O–H groups in total. The molecule has 0 spiro atoms. The number of urea groups is 1. The second kappa shape index (κ2) is 3.73. The molecule has 1 aliphatic rings. The van der Waals surface area contributed by atoms with Crippen LogP contribution in [0.3, 0.4) is 0 Å². The van der Waals surface area contributed by atoms with Gasteiger partial charge < -0.3 is 0 Å². The van der Waals surface area contributed by atoms with Crippen LogP contribution in [0.25, 0.3) is 0 Å². The Morgan fingerprint density at radius 3 is 2.56 bits per heavy atom. The van der Waals surface area contributed by atoms with Gasteiger partial charge in [-0.1, -0.05) is 12.1 Å². The van der Waals surface area contributed by atoms with Crippen molar-refractivity contribution in [3.05, 3.63) is 35.6 Å². The molecule has 0 aromatic heterocycles. The van der Waals surface area contributed by atoms with Crippen LogP contribution in [0, 0.1) is 5.82 Å². The van der Waals surface area contributed by atoms with Gasteiger partial charge >= 0.3 is 17.8 Å². The normalized spacial score (nSPS) is 15.6. The molecule has 1 saturated heterocycles. The number of halogens is 1. The Balaban J connectivity index is 2.19. The first-order chi connectivity index (χ1) is 7.58. The zero-order valence-corrected chi connectivity index (χ0v) is 8.07. The maximum atomic E-state index is 12.8. The van der Waals surface area contributed by atoms with Crippen LogP contribution >= 0.6 is 0 Å². The van der Waals surface area contributed by atoms with E-state index in [-0.39, 0.29) is 6.54 Å². The molecule has 0 unspecified atom stereocenters. The van der Waals surface area contributed by atoms with Gasteiger partial charge in [-0.15, -0.1) is 0 Å². The van der Waals surface area contributed by atoms with Crippen LogP contribution in [-0.4, -0.2) is 22.7 Å². The molecule has 0 aliphatic carbocycles. The molecular formula is C10H7FN2O3. The van der Waals surface area contributed by atoms with E-state index in [9.17, 15) is 18.8 Å². The molecule has 0 saturated carbocycles. The van der Waals surface area contributed by atoms with Crippen LogP contribution in [-0.2, 0) is 16.1 Å². The van der Waals surface area contributed by atoms with Crippen LogP contribution in [0.1, 0.15) is 5.56 Å². The fourth-order valence-electron chi connectivity index (χ4n) is 1.39. The highest BCUT2D eigenvalue weighted by molar-refractivity contribution is 6.44. The van der Waals surface area contributed by atoms with Gasteiger partial charge in [0.05, 0.1) is 6.54 Å². The first-order valence-electron chi connectivity index (χ1n) is 4.49. The predicted molar refractivity (Wildman–Crippen MR) is 50.5 cm³/mol. The second-order valence-electron chi connectivity index (χ2n) is 3.28. The van der Waals surface area contributed by atoms with E-state index in [2.05, 4.69) is 0 Å². The second-order valence-corrected chi connectivity index (χ2v) is 3.28. The number of rotatable bonds is 2. The minimum absolute atomic E-state index is 0.117. The van der Waals surface area contributed by atoms with Crippen molar-refractivity contribution in [1.29, 1.82) is 0 Å². The molecule has 16 heavy (non-hydrogen) atoms. The highest BCUT2D eigenvalue weighted by Gasteiger charge is 2.36. The molecule has 5 nitrogen and oxygen atoms in total. The highest BCUT2D eigenvalue weighted by atomic mass is 19.1. The molecule has 1 aliphatic heterocycles. The van der Waals surface area contributed by atoms with Gasteiger partial charge in [-0.2, -0.15) is 0 Å². The number of amides is 4. The summed E-state index contributed by atoms with van der Waals surface area (Å²) in [6.45, 7) is -0.117. The molecule has 1 heterocycles. The molecule has 1 fully saturated rings. The topological polar surface area (TPSA) is 66.5 Å². The van der Waals surface area contributed by atoms with Gasteiger partial charge in [-0.3, -0.25) is 19.8 Å². The summed E-state index contributed by atoms with van der Waals surface area (Å²) in [5.41, 5.74) is 0.443. The van der Waals surface area contributed by atoms with Crippen LogP contribution in [0.2, 0.25) is 0 Å². The molecule has 0 bridgehead atoms. The number of hydrogen-bond acceptors (Lipinski definition) is 3. The highest BCUT2D eigenvalue weighted by Crippen LogP contribution is 2.10. The summed E-state index contributed by atoms with van der Waals surface area (Å²) >= 11 is 0. The van der Waals surface area contributed by atoms with Crippen LogP contribution in [0.4, 0.5) is 9.18 Å². The van der Waals surface area contributed by atoms with Crippen LogP contribution in [0.15, 0.2) is 24.3 Å². The first kappa shape index (κ1) is 10.3. The Morgan fingerprint density at radius 1 is 1.25 bits per heavy atom. The number of carbonyl (C=O) groups is 3. The third-order valence-corrected chi connectivity index (χ3v) is 2.13. The number of nitrogens with one attached hydrogen (secondary N) is 1. The summed E-state index contributed by atoms with van der Waals surface area (Å²) in [7, 11) is 0. The number of hydrogen-bond donors (Lipinski definition) is 1. The average molecular weight is 222 g/mol. The van der Waals surface area contributed by atoms with Crippen molar-refractivity contribution < 1.29 is 18.8 Å². The third kappa shape index (κ3) is 1.77. The number of carbonyl (C=O) groups excluding carboxylic acids is 3. The summed E-state index contributed by atoms with van der Waals surface area (Å²) in [6.07, 6.45) is 0.